The SMILES string of the molecule is Cc1cnn(Cc2ccccc2C#CCO)c(=O)c1. The van der Waals surface area contributed by atoms with Crippen LogP contribution in [0.2, 0.25) is 0 Å². The Morgan fingerprint density at radius 2 is 2.16 bits per heavy atom. The number of aliphatic hydroxyl groups is 1. The summed E-state index contributed by atoms with van der Waals surface area (Å²) in [5, 5.41) is 12.8. The molecule has 1 N–H and O–H groups in total. The summed E-state index contributed by atoms with van der Waals surface area (Å²) in [4.78, 5) is 11.8. The number of hydrogen-bond acceptors (Lipinski definition) is 3. The van der Waals surface area contributed by atoms with E-state index in [1.165, 1.54) is 4.68 Å². The van der Waals surface area contributed by atoms with Gasteiger partial charge in [0.15, 0.2) is 0 Å². The molecule has 0 bridgehead atoms. The first-order valence-electron chi connectivity index (χ1n) is 5.92. The van der Waals surface area contributed by atoms with E-state index in [-0.39, 0.29) is 12.2 Å². The second-order valence-electron chi connectivity index (χ2n) is 4.15. The minimum absolute atomic E-state index is 0.134. The summed E-state index contributed by atoms with van der Waals surface area (Å²) in [5.41, 5.74) is 2.41. The Kier molecular flexibility index (Phi) is 4.11. The average molecular weight is 254 g/mol. The second kappa shape index (κ2) is 5.98. The zero-order chi connectivity index (χ0) is 13.7. The summed E-state index contributed by atoms with van der Waals surface area (Å²) in [5.74, 6) is 5.48. The molecule has 96 valence electrons. The van der Waals surface area contributed by atoms with Crippen molar-refractivity contribution >= 4 is 0 Å². The zero-order valence-electron chi connectivity index (χ0n) is 10.6. The van der Waals surface area contributed by atoms with Crippen LogP contribution in [0.25, 0.3) is 0 Å². The smallest absolute Gasteiger partial charge is 0.267 e. The first-order chi connectivity index (χ1) is 9.20. The molecule has 0 aliphatic rings. The van der Waals surface area contributed by atoms with Crippen LogP contribution in [0.15, 0.2) is 41.3 Å². The monoisotopic (exact) mass is 254 g/mol. The molecule has 0 unspecified atom stereocenters. The molecule has 4 heteroatoms. The summed E-state index contributed by atoms with van der Waals surface area (Å²) in [6.07, 6.45) is 1.66. The lowest BCUT2D eigenvalue weighted by molar-refractivity contribution is 0.350. The fraction of sp³-hybridized carbons (Fsp3) is 0.200. The fourth-order valence-corrected chi connectivity index (χ4v) is 1.72. The molecule has 0 aliphatic carbocycles. The number of aryl methyl sites for hydroxylation is 1. The van der Waals surface area contributed by atoms with Gasteiger partial charge in [-0.1, -0.05) is 30.0 Å². The van der Waals surface area contributed by atoms with Gasteiger partial charge in [0.2, 0.25) is 0 Å². The molecule has 0 aliphatic heterocycles. The van der Waals surface area contributed by atoms with Crippen LogP contribution in [0.3, 0.4) is 0 Å². The van der Waals surface area contributed by atoms with Crippen LogP contribution in [0.5, 0.6) is 0 Å². The Morgan fingerprint density at radius 1 is 1.37 bits per heavy atom. The van der Waals surface area contributed by atoms with Crippen molar-refractivity contribution < 1.29 is 5.11 Å². The van der Waals surface area contributed by atoms with Crippen molar-refractivity contribution in [1.82, 2.24) is 9.78 Å². The maximum atomic E-state index is 11.8. The van der Waals surface area contributed by atoms with Gasteiger partial charge in [0.05, 0.1) is 12.7 Å². The Morgan fingerprint density at radius 3 is 2.89 bits per heavy atom. The van der Waals surface area contributed by atoms with E-state index < -0.39 is 0 Å². The molecule has 0 atom stereocenters. The number of aromatic nitrogens is 2. The van der Waals surface area contributed by atoms with Gasteiger partial charge in [-0.2, -0.15) is 5.10 Å². The predicted molar refractivity (Wildman–Crippen MR) is 72.7 cm³/mol. The van der Waals surface area contributed by atoms with Crippen molar-refractivity contribution in [2.45, 2.75) is 13.5 Å². The third-order valence-electron chi connectivity index (χ3n) is 2.65. The van der Waals surface area contributed by atoms with Gasteiger partial charge in [-0.15, -0.1) is 0 Å². The van der Waals surface area contributed by atoms with Crippen LogP contribution in [0.4, 0.5) is 0 Å². The second-order valence-corrected chi connectivity index (χ2v) is 4.15. The first-order valence-corrected chi connectivity index (χ1v) is 5.92. The highest BCUT2D eigenvalue weighted by molar-refractivity contribution is 5.41. The fourth-order valence-electron chi connectivity index (χ4n) is 1.72. The molecule has 0 saturated carbocycles. The van der Waals surface area contributed by atoms with E-state index in [9.17, 15) is 4.79 Å². The molecule has 1 aromatic heterocycles. The minimum Gasteiger partial charge on any atom is -0.384 e. The lowest BCUT2D eigenvalue weighted by atomic mass is 10.1. The van der Waals surface area contributed by atoms with Gasteiger partial charge in [-0.25, -0.2) is 4.68 Å². The molecule has 0 radical (unpaired) electrons. The average Bonchev–Trinajstić information content (AvgIpc) is 2.41. The topological polar surface area (TPSA) is 55.1 Å². The van der Waals surface area contributed by atoms with Gasteiger partial charge in [-0.3, -0.25) is 4.79 Å². The minimum atomic E-state index is -0.183. The van der Waals surface area contributed by atoms with Gasteiger partial charge in [-0.05, 0) is 24.1 Å². The Balaban J connectivity index is 2.35. The third-order valence-corrected chi connectivity index (χ3v) is 2.65. The summed E-state index contributed by atoms with van der Waals surface area (Å²) < 4.78 is 1.40. The van der Waals surface area contributed by atoms with E-state index in [0.29, 0.717) is 6.54 Å². The number of nitrogens with zero attached hydrogens (tertiary/aromatic N) is 2. The van der Waals surface area contributed by atoms with Crippen LogP contribution >= 0.6 is 0 Å². The maximum absolute atomic E-state index is 11.8. The van der Waals surface area contributed by atoms with Crippen molar-refractivity contribution in [3.63, 3.8) is 0 Å². The van der Waals surface area contributed by atoms with E-state index in [2.05, 4.69) is 16.9 Å². The predicted octanol–water partition coefficient (Wildman–Crippen LogP) is 0.944. The molecule has 2 aromatic rings. The molecule has 2 rings (SSSR count). The molecule has 4 nitrogen and oxygen atoms in total. The summed E-state index contributed by atoms with van der Waals surface area (Å²) >= 11 is 0. The molecule has 0 amide bonds. The number of aliphatic hydroxyl groups excluding tert-OH is 1. The number of benzene rings is 1. The van der Waals surface area contributed by atoms with Crippen LogP contribution < -0.4 is 5.56 Å². The van der Waals surface area contributed by atoms with Gasteiger partial charge in [0, 0.05) is 11.6 Å². The van der Waals surface area contributed by atoms with Crippen LogP contribution in [-0.2, 0) is 6.54 Å². The van der Waals surface area contributed by atoms with Crippen molar-refractivity contribution in [3.8, 4) is 11.8 Å². The summed E-state index contributed by atoms with van der Waals surface area (Å²) in [7, 11) is 0. The normalized spacial score (nSPS) is 9.79. The summed E-state index contributed by atoms with van der Waals surface area (Å²) in [6.45, 7) is 2.02. The molecule has 1 aromatic carbocycles. The van der Waals surface area contributed by atoms with Crippen LogP contribution in [-0.4, -0.2) is 21.5 Å². The van der Waals surface area contributed by atoms with Crippen molar-refractivity contribution in [1.29, 1.82) is 0 Å². The maximum Gasteiger partial charge on any atom is 0.267 e. The van der Waals surface area contributed by atoms with Gasteiger partial charge >= 0.3 is 0 Å². The molecule has 19 heavy (non-hydrogen) atoms. The standard InChI is InChI=1S/C15H14N2O2/c1-12-9-15(19)17(16-10-12)11-14-6-3-2-5-13(14)7-4-8-18/h2-3,5-6,9-10,18H,8,11H2,1H3. The van der Waals surface area contributed by atoms with E-state index in [0.717, 1.165) is 16.7 Å². The highest BCUT2D eigenvalue weighted by Gasteiger charge is 2.03. The van der Waals surface area contributed by atoms with Crippen molar-refractivity contribution in [2.75, 3.05) is 6.61 Å². The van der Waals surface area contributed by atoms with Crippen LogP contribution in [0, 0.1) is 18.8 Å². The molecular weight excluding hydrogens is 240 g/mol. The van der Waals surface area contributed by atoms with Crippen molar-refractivity contribution in [2.24, 2.45) is 0 Å². The quantitative estimate of drug-likeness (QED) is 0.812. The largest absolute Gasteiger partial charge is 0.384 e. The lowest BCUT2D eigenvalue weighted by Crippen LogP contribution is -2.23. The molecular formula is C15H14N2O2. The third kappa shape index (κ3) is 3.30. The Labute approximate surface area is 111 Å². The first kappa shape index (κ1) is 13.1. The van der Waals surface area contributed by atoms with E-state index in [1.54, 1.807) is 12.3 Å². The molecule has 0 fully saturated rings. The van der Waals surface area contributed by atoms with Gasteiger partial charge in [0.25, 0.3) is 5.56 Å². The molecule has 1 heterocycles. The zero-order valence-corrected chi connectivity index (χ0v) is 10.6. The summed E-state index contributed by atoms with van der Waals surface area (Å²) in [6, 6.07) is 9.07. The Bertz CT molecular complexity index is 693. The van der Waals surface area contributed by atoms with E-state index in [4.69, 9.17) is 5.11 Å². The van der Waals surface area contributed by atoms with E-state index in [1.807, 2.05) is 31.2 Å². The van der Waals surface area contributed by atoms with E-state index >= 15 is 0 Å². The Hall–Kier alpha value is -2.38. The van der Waals surface area contributed by atoms with Gasteiger partial charge < -0.3 is 5.11 Å². The molecule has 0 saturated heterocycles. The van der Waals surface area contributed by atoms with Crippen molar-refractivity contribution in [3.05, 3.63) is 63.6 Å². The highest BCUT2D eigenvalue weighted by Crippen LogP contribution is 2.08. The number of hydrogen-bond donors (Lipinski definition) is 1. The van der Waals surface area contributed by atoms with Crippen LogP contribution in [0.1, 0.15) is 16.7 Å². The van der Waals surface area contributed by atoms with Gasteiger partial charge in [0.1, 0.15) is 6.61 Å². The number of rotatable bonds is 2. The molecule has 0 spiro atoms. The highest BCUT2D eigenvalue weighted by atomic mass is 16.2. The lowest BCUT2D eigenvalue weighted by Gasteiger charge is -2.06.